The van der Waals surface area contributed by atoms with Crippen molar-refractivity contribution in [2.45, 2.75) is 0 Å². The zero-order chi connectivity index (χ0) is 10.7. The van der Waals surface area contributed by atoms with Crippen LogP contribution in [0.3, 0.4) is 0 Å². The average molecular weight is 724 g/mol. The fourth-order valence-electron chi connectivity index (χ4n) is 0. The van der Waals surface area contributed by atoms with Crippen LogP contribution in [0.4, 0.5) is 0 Å². The van der Waals surface area contributed by atoms with Crippen molar-refractivity contribution in [3.8, 4) is 0 Å². The first-order chi connectivity index (χ1) is 5.20. The van der Waals surface area contributed by atoms with Crippen LogP contribution in [0.1, 0.15) is 0 Å². The Morgan fingerprint density at radius 1 is 0.200 bits per heavy atom. The molecule has 0 unspecified atom stereocenters. The third-order valence-electron chi connectivity index (χ3n) is 0. The van der Waals surface area contributed by atoms with E-state index in [0.717, 1.165) is 0 Å². The molecule has 0 bridgehead atoms. The van der Waals surface area contributed by atoms with Gasteiger partial charge in [-0.3, -0.25) is 0 Å². The smallest absolute Gasteiger partial charge is 0.412 e. The summed E-state index contributed by atoms with van der Waals surface area (Å²) in [6, 6.07) is 0. The molecular weight excluding hydrogens is 670 g/mol. The van der Waals surface area contributed by atoms with Gasteiger partial charge in [0.25, 0.3) is 0 Å². The minimum Gasteiger partial charge on any atom is -0.412 e. The minimum atomic E-state index is -1.75. The Kier molecular flexibility index (Phi) is 39700. The van der Waals surface area contributed by atoms with Gasteiger partial charge in [0.1, 0.15) is 0 Å². The van der Waals surface area contributed by atoms with Gasteiger partial charge in [-0.05, 0) is 0 Å². The van der Waals surface area contributed by atoms with Crippen molar-refractivity contribution >= 4 is 0 Å². The van der Waals surface area contributed by atoms with Crippen LogP contribution in [0.2, 0.25) is 0 Å². The molecule has 0 rings (SSSR count). The van der Waals surface area contributed by atoms with E-state index in [0.29, 0.717) is 0 Å². The zero-order valence-corrected chi connectivity index (χ0v) is 20.2. The van der Waals surface area contributed by atoms with E-state index in [2.05, 4.69) is 0 Å². The number of hydrogen-bond donors (Lipinski definition) is 0. The molecule has 0 heterocycles. The second-order valence-corrected chi connectivity index (χ2v) is 0.671. The van der Waals surface area contributed by atoms with E-state index in [9.17, 15) is 0 Å². The van der Waals surface area contributed by atoms with Crippen LogP contribution in [0, 0.1) is 46.0 Å². The summed E-state index contributed by atoms with van der Waals surface area (Å²) in [4.78, 5) is 24.8. The topological polar surface area (TPSA) is 1050 Å². The van der Waals surface area contributed by atoms with Crippen molar-refractivity contribution < 1.29 is 180 Å². The summed E-state index contributed by atoms with van der Waals surface area (Å²) < 4.78 is 0. The van der Waals surface area contributed by atoms with Crippen LogP contribution < -0.4 is 0 Å². The maximum Gasteiger partial charge on any atom is 3.00 e. The van der Waals surface area contributed by atoms with Crippen LogP contribution in [0.25, 0.3) is 0 Å². The van der Waals surface area contributed by atoms with E-state index >= 15 is 0 Å². The van der Waals surface area contributed by atoms with Crippen LogP contribution in [-0.2, 0) is 17.4 Å². The van der Waals surface area contributed by atoms with Crippen molar-refractivity contribution in [1.29, 1.82) is 0 Å². The molecule has 0 saturated heterocycles. The van der Waals surface area contributed by atoms with Crippen molar-refractivity contribution in [1.82, 2.24) is 0 Å². The predicted molar refractivity (Wildman–Crippen MR) is 129 cm³/mol. The molecule has 1 radical (unpaired) electrons. The second kappa shape index (κ2) is 1210. The van der Waals surface area contributed by atoms with Crippen LogP contribution in [-0.4, -0.2) is 163 Å². The van der Waals surface area contributed by atoms with Crippen molar-refractivity contribution in [2.75, 3.05) is 0 Å². The van der Waals surface area contributed by atoms with Gasteiger partial charge < -0.3 is 194 Å². The van der Waals surface area contributed by atoms with E-state index in [4.69, 9.17) is 46.0 Å². The summed E-state index contributed by atoms with van der Waals surface area (Å²) in [7, 11) is 0. The van der Waals surface area contributed by atoms with Gasteiger partial charge in [0.15, 0.2) is 0 Å². The molecule has 54 N–H and O–H groups in total. The summed E-state index contributed by atoms with van der Waals surface area (Å²) >= 11 is 0. The molecule has 0 amide bonds. The Bertz CT molecular complexity index is 120. The third-order valence-corrected chi connectivity index (χ3v) is 0. The quantitative estimate of drug-likeness (QED) is 0.169. The molecule has 0 atom stereocenters. The molecule has 0 aliphatic carbocycles. The summed E-state index contributed by atoms with van der Waals surface area (Å²) in [6.45, 7) is 0. The number of hydrogen-bond acceptors (Lipinski definition) is 9. The maximum absolute atomic E-state index is 8.25. The molecule has 0 aromatic rings. The van der Waals surface area contributed by atoms with Crippen LogP contribution in [0.15, 0.2) is 0 Å². The Labute approximate surface area is 227 Å². The molecule has 0 spiro atoms. The summed E-state index contributed by atoms with van der Waals surface area (Å²) in [5.41, 5.74) is 0. The Hall–Kier alpha value is -2.95. The largest absolute Gasteiger partial charge is 3.00 e. The molecule has 0 aromatic heterocycles. The fourth-order valence-corrected chi connectivity index (χ4v) is 0. The van der Waals surface area contributed by atoms with E-state index in [1.165, 1.54) is 0 Å². The summed E-state index contributed by atoms with van der Waals surface area (Å²) in [6.07, 6.45) is 0. The average Bonchev–Trinajstić information content (AvgIpc) is 1.54. The molecule has 0 aliphatic rings. The molecule has 0 fully saturated rings. The molecule has 291 valence electrons. The first-order valence-corrected chi connectivity index (χ1v) is 1.64. The number of nitrogens with zero attached hydrogens (tertiary/aromatic N) is 3. The second-order valence-electron chi connectivity index (χ2n) is 0.671. The fraction of sp³-hybridized carbons (Fsp3) is 0. The maximum atomic E-state index is 8.25. The van der Waals surface area contributed by atoms with Gasteiger partial charge in [-0.1, -0.05) is 0 Å². The molecular formula is H54CrN3O36. The summed E-state index contributed by atoms with van der Waals surface area (Å²) in [5, 5.41) is 44.2. The van der Waals surface area contributed by atoms with Crippen molar-refractivity contribution in [2.24, 2.45) is 0 Å². The van der Waals surface area contributed by atoms with Gasteiger partial charge in [0.2, 0.25) is 0 Å². The van der Waals surface area contributed by atoms with E-state index < -0.39 is 15.3 Å². The first-order valence-electron chi connectivity index (χ1n) is 1.64. The van der Waals surface area contributed by atoms with Crippen LogP contribution >= 0.6 is 0 Å². The van der Waals surface area contributed by atoms with Gasteiger partial charge in [0, 0.05) is 0 Å². The van der Waals surface area contributed by atoms with Gasteiger partial charge in [-0.25, -0.2) is 0 Å². The third kappa shape index (κ3) is 4680. The molecule has 40 heteroatoms. The van der Waals surface area contributed by atoms with E-state index in [1.807, 2.05) is 0 Å². The zero-order valence-electron chi connectivity index (χ0n) is 18.9. The van der Waals surface area contributed by atoms with Crippen molar-refractivity contribution in [3.63, 3.8) is 0 Å². The standard InChI is InChI=1S/Cr.3NO3.27H2O/c;3*2-1(3)4;;;;;;;;;;;;;;;;;;;;;;;;;;;/h;;;;27*1H2/q+3;3*-1;;;;;;;;;;;;;;;;;;;;;;;;;;;. The monoisotopic (exact) mass is 724 g/mol. The van der Waals surface area contributed by atoms with Gasteiger partial charge >= 0.3 is 17.4 Å². The molecule has 0 saturated carbocycles. The Morgan fingerprint density at radius 3 is 0.200 bits per heavy atom. The van der Waals surface area contributed by atoms with Gasteiger partial charge in [-0.2, -0.15) is 0 Å². The number of rotatable bonds is 0. The predicted octanol–water partition coefficient (Wildman–Crippen LogP) is -23.0. The van der Waals surface area contributed by atoms with E-state index in [-0.39, 0.29) is 165 Å². The van der Waals surface area contributed by atoms with E-state index in [1.54, 1.807) is 0 Å². The van der Waals surface area contributed by atoms with Crippen molar-refractivity contribution in [3.05, 3.63) is 46.0 Å². The summed E-state index contributed by atoms with van der Waals surface area (Å²) in [5.74, 6) is 0. The molecule has 40 heavy (non-hydrogen) atoms. The Balaban J connectivity index is -0.000000000776. The van der Waals surface area contributed by atoms with Gasteiger partial charge in [-0.15, -0.1) is 0 Å². The molecule has 39 nitrogen and oxygen atoms in total. The molecule has 0 aromatic carbocycles. The normalized spacial score (nSPS) is 1.80. The first kappa shape index (κ1) is 1310. The molecule has 0 aliphatic heterocycles. The minimum absolute atomic E-state index is 0. The Morgan fingerprint density at radius 2 is 0.200 bits per heavy atom. The van der Waals surface area contributed by atoms with Gasteiger partial charge in [0.05, 0.1) is 15.3 Å². The SMILES string of the molecule is O.O.O.O.O.O.O.O.O.O.O.O.O.O.O.O.O.O.O.O.O.O.O.O.O.O.O.O=[N+]([O-])[O-].O=[N+]([O-])[O-].O=[N+]([O-])[O-].[Cr+3]. The van der Waals surface area contributed by atoms with Crippen LogP contribution in [0.5, 0.6) is 0 Å².